The van der Waals surface area contributed by atoms with Gasteiger partial charge in [0.1, 0.15) is 5.75 Å². The maximum atomic E-state index is 11.9. The van der Waals surface area contributed by atoms with Crippen LogP contribution in [0.25, 0.3) is 0 Å². The van der Waals surface area contributed by atoms with Gasteiger partial charge in [0.15, 0.2) is 0 Å². The zero-order valence-corrected chi connectivity index (χ0v) is 9.96. The highest BCUT2D eigenvalue weighted by Gasteiger charge is 2.24. The Morgan fingerprint density at radius 3 is 2.82 bits per heavy atom. The summed E-state index contributed by atoms with van der Waals surface area (Å²) in [5.41, 5.74) is 0. The first-order valence-electron chi connectivity index (χ1n) is 5.84. The van der Waals surface area contributed by atoms with E-state index in [4.69, 9.17) is 9.47 Å². The number of piperidine rings is 1. The van der Waals surface area contributed by atoms with Gasteiger partial charge in [-0.15, -0.1) is 0 Å². The standard InChI is InChI=1S/C13H17NO3/c1-16-12-8-5-9-14(10-12)13(15)17-11-6-3-2-4-7-11/h2-4,6-7,12H,5,8-10H2,1H3. The van der Waals surface area contributed by atoms with Crippen molar-refractivity contribution < 1.29 is 14.3 Å². The van der Waals surface area contributed by atoms with Crippen LogP contribution in [0, 0.1) is 0 Å². The number of carbonyl (C=O) groups excluding carboxylic acids is 1. The lowest BCUT2D eigenvalue weighted by atomic mass is 10.1. The lowest BCUT2D eigenvalue weighted by Gasteiger charge is -2.30. The van der Waals surface area contributed by atoms with Crippen molar-refractivity contribution in [3.63, 3.8) is 0 Å². The third-order valence-electron chi connectivity index (χ3n) is 2.92. The summed E-state index contributed by atoms with van der Waals surface area (Å²) in [5, 5.41) is 0. The number of ether oxygens (including phenoxy) is 2. The predicted octanol–water partition coefficient (Wildman–Crippen LogP) is 2.30. The van der Waals surface area contributed by atoms with E-state index in [9.17, 15) is 4.79 Å². The Kier molecular flexibility index (Phi) is 3.98. The highest BCUT2D eigenvalue weighted by molar-refractivity contribution is 5.70. The second-order valence-corrected chi connectivity index (χ2v) is 4.13. The number of amides is 1. The lowest BCUT2D eigenvalue weighted by Crippen LogP contribution is -2.44. The van der Waals surface area contributed by atoms with Gasteiger partial charge in [-0.1, -0.05) is 18.2 Å². The van der Waals surface area contributed by atoms with Gasteiger partial charge in [-0.25, -0.2) is 4.79 Å². The fraction of sp³-hybridized carbons (Fsp3) is 0.462. The summed E-state index contributed by atoms with van der Waals surface area (Å²) in [4.78, 5) is 13.6. The summed E-state index contributed by atoms with van der Waals surface area (Å²) in [5.74, 6) is 0.581. The number of hydrogen-bond donors (Lipinski definition) is 0. The van der Waals surface area contributed by atoms with Gasteiger partial charge in [0, 0.05) is 13.7 Å². The van der Waals surface area contributed by atoms with Crippen molar-refractivity contribution in [3.8, 4) is 5.75 Å². The fourth-order valence-electron chi connectivity index (χ4n) is 1.95. The van der Waals surface area contributed by atoms with Crippen molar-refractivity contribution in [1.29, 1.82) is 0 Å². The minimum Gasteiger partial charge on any atom is -0.410 e. The Hall–Kier alpha value is -1.55. The maximum Gasteiger partial charge on any atom is 0.415 e. The summed E-state index contributed by atoms with van der Waals surface area (Å²) in [6.07, 6.45) is 1.80. The normalized spacial score (nSPS) is 20.1. The smallest absolute Gasteiger partial charge is 0.410 e. The van der Waals surface area contributed by atoms with E-state index in [1.807, 2.05) is 18.2 Å². The highest BCUT2D eigenvalue weighted by Crippen LogP contribution is 2.15. The summed E-state index contributed by atoms with van der Waals surface area (Å²) < 4.78 is 10.6. The average Bonchev–Trinajstić information content (AvgIpc) is 2.40. The number of hydrogen-bond acceptors (Lipinski definition) is 3. The summed E-state index contributed by atoms with van der Waals surface area (Å²) in [6, 6.07) is 9.12. The first kappa shape index (κ1) is 11.9. The molecule has 2 rings (SSSR count). The van der Waals surface area contributed by atoms with Crippen LogP contribution in [-0.4, -0.2) is 37.3 Å². The van der Waals surface area contributed by atoms with Crippen molar-refractivity contribution >= 4 is 6.09 Å². The minimum atomic E-state index is -0.294. The van der Waals surface area contributed by atoms with Crippen molar-refractivity contribution in [2.24, 2.45) is 0 Å². The molecule has 1 aliphatic rings. The fourth-order valence-corrected chi connectivity index (χ4v) is 1.95. The summed E-state index contributed by atoms with van der Waals surface area (Å²) in [7, 11) is 1.68. The van der Waals surface area contributed by atoms with E-state index in [1.165, 1.54) is 0 Å². The first-order valence-corrected chi connectivity index (χ1v) is 5.84. The molecule has 17 heavy (non-hydrogen) atoms. The molecule has 0 aliphatic carbocycles. The third kappa shape index (κ3) is 3.20. The quantitative estimate of drug-likeness (QED) is 0.789. The molecule has 0 radical (unpaired) electrons. The van der Waals surface area contributed by atoms with E-state index in [1.54, 1.807) is 24.1 Å². The lowest BCUT2D eigenvalue weighted by molar-refractivity contribution is 0.0350. The number of nitrogens with zero attached hydrogens (tertiary/aromatic N) is 1. The Balaban J connectivity index is 1.91. The molecule has 0 spiro atoms. The topological polar surface area (TPSA) is 38.8 Å². The van der Waals surface area contributed by atoms with E-state index < -0.39 is 0 Å². The number of carbonyl (C=O) groups is 1. The molecule has 0 bridgehead atoms. The largest absolute Gasteiger partial charge is 0.415 e. The molecule has 0 aromatic heterocycles. The van der Waals surface area contributed by atoms with Crippen LogP contribution in [-0.2, 0) is 4.74 Å². The second kappa shape index (κ2) is 5.68. The first-order chi connectivity index (χ1) is 8.29. The summed E-state index contributed by atoms with van der Waals surface area (Å²) in [6.45, 7) is 1.35. The molecule has 4 nitrogen and oxygen atoms in total. The van der Waals surface area contributed by atoms with Crippen molar-refractivity contribution in [2.45, 2.75) is 18.9 Å². The molecule has 1 aromatic rings. The molecule has 4 heteroatoms. The van der Waals surface area contributed by atoms with E-state index in [-0.39, 0.29) is 12.2 Å². The Bertz CT molecular complexity index is 366. The van der Waals surface area contributed by atoms with Gasteiger partial charge in [-0.2, -0.15) is 0 Å². The van der Waals surface area contributed by atoms with Gasteiger partial charge in [0.05, 0.1) is 12.6 Å². The van der Waals surface area contributed by atoms with Crippen LogP contribution >= 0.6 is 0 Å². The van der Waals surface area contributed by atoms with Crippen LogP contribution < -0.4 is 4.74 Å². The van der Waals surface area contributed by atoms with Crippen LogP contribution in [0.15, 0.2) is 30.3 Å². The maximum absolute atomic E-state index is 11.9. The average molecular weight is 235 g/mol. The Morgan fingerprint density at radius 1 is 1.35 bits per heavy atom. The van der Waals surface area contributed by atoms with Crippen molar-refractivity contribution in [1.82, 2.24) is 4.90 Å². The van der Waals surface area contributed by atoms with Gasteiger partial charge >= 0.3 is 6.09 Å². The van der Waals surface area contributed by atoms with Crippen molar-refractivity contribution in [2.75, 3.05) is 20.2 Å². The molecule has 1 aromatic carbocycles. The molecule has 1 unspecified atom stereocenters. The molecule has 1 aliphatic heterocycles. The second-order valence-electron chi connectivity index (χ2n) is 4.13. The third-order valence-corrected chi connectivity index (χ3v) is 2.92. The van der Waals surface area contributed by atoms with Gasteiger partial charge in [0.25, 0.3) is 0 Å². The highest BCUT2D eigenvalue weighted by atomic mass is 16.6. The number of rotatable bonds is 2. The van der Waals surface area contributed by atoms with Gasteiger partial charge in [-0.3, -0.25) is 0 Å². The Morgan fingerprint density at radius 2 is 2.12 bits per heavy atom. The van der Waals surface area contributed by atoms with Crippen LogP contribution in [0.5, 0.6) is 5.75 Å². The SMILES string of the molecule is COC1CCCN(C(=O)Oc2ccccc2)C1. The number of likely N-dealkylation sites (tertiary alicyclic amines) is 1. The molecule has 0 N–H and O–H groups in total. The van der Waals surface area contributed by atoms with E-state index in [0.717, 1.165) is 19.4 Å². The van der Waals surface area contributed by atoms with Crippen LogP contribution in [0.1, 0.15) is 12.8 Å². The monoisotopic (exact) mass is 235 g/mol. The van der Waals surface area contributed by atoms with Gasteiger partial charge < -0.3 is 14.4 Å². The molecule has 1 fully saturated rings. The zero-order valence-electron chi connectivity index (χ0n) is 9.96. The molecular weight excluding hydrogens is 218 g/mol. The zero-order chi connectivity index (χ0) is 12.1. The van der Waals surface area contributed by atoms with Crippen LogP contribution in [0.2, 0.25) is 0 Å². The Labute approximate surface area is 101 Å². The van der Waals surface area contributed by atoms with E-state index >= 15 is 0 Å². The number of para-hydroxylation sites is 1. The van der Waals surface area contributed by atoms with E-state index in [0.29, 0.717) is 12.3 Å². The molecule has 92 valence electrons. The van der Waals surface area contributed by atoms with Crippen molar-refractivity contribution in [3.05, 3.63) is 30.3 Å². The van der Waals surface area contributed by atoms with Crippen LogP contribution in [0.4, 0.5) is 4.79 Å². The van der Waals surface area contributed by atoms with E-state index in [2.05, 4.69) is 0 Å². The number of methoxy groups -OCH3 is 1. The predicted molar refractivity (Wildman–Crippen MR) is 64.1 cm³/mol. The molecular formula is C13H17NO3. The minimum absolute atomic E-state index is 0.132. The molecule has 1 amide bonds. The summed E-state index contributed by atoms with van der Waals surface area (Å²) >= 11 is 0. The molecule has 1 atom stereocenters. The van der Waals surface area contributed by atoms with Gasteiger partial charge in [-0.05, 0) is 25.0 Å². The van der Waals surface area contributed by atoms with Gasteiger partial charge in [0.2, 0.25) is 0 Å². The number of benzene rings is 1. The molecule has 1 saturated heterocycles. The molecule has 1 heterocycles. The molecule has 0 saturated carbocycles. The van der Waals surface area contributed by atoms with Crippen LogP contribution in [0.3, 0.4) is 0 Å².